The molecular formula is C14H11Cl2NO3. The third-order valence-corrected chi connectivity index (χ3v) is 3.18. The van der Waals surface area contributed by atoms with Crippen molar-refractivity contribution >= 4 is 34.9 Å². The Morgan fingerprint density at radius 2 is 1.65 bits per heavy atom. The highest BCUT2D eigenvalue weighted by molar-refractivity contribution is 6.39. The van der Waals surface area contributed by atoms with Crippen molar-refractivity contribution in [3.8, 4) is 0 Å². The normalized spacial score (nSPS) is 11.8. The monoisotopic (exact) mass is 311 g/mol. The van der Waals surface area contributed by atoms with E-state index in [2.05, 4.69) is 5.48 Å². The molecule has 2 N–H and O–H groups in total. The fraction of sp³-hybridized carbons (Fsp3) is 0.0714. The van der Waals surface area contributed by atoms with Crippen LogP contribution in [0, 0.1) is 0 Å². The average Bonchev–Trinajstić information content (AvgIpc) is 2.46. The Morgan fingerprint density at radius 3 is 2.25 bits per heavy atom. The highest BCUT2D eigenvalue weighted by atomic mass is 35.5. The van der Waals surface area contributed by atoms with Crippen molar-refractivity contribution in [2.75, 3.05) is 5.48 Å². The van der Waals surface area contributed by atoms with E-state index in [1.807, 2.05) is 0 Å². The van der Waals surface area contributed by atoms with Crippen molar-refractivity contribution in [2.45, 2.75) is 6.10 Å². The Balaban J connectivity index is 2.02. The molecule has 20 heavy (non-hydrogen) atoms. The number of para-hydroxylation sites is 1. The van der Waals surface area contributed by atoms with Crippen LogP contribution in [0.3, 0.4) is 0 Å². The minimum Gasteiger partial charge on any atom is -0.377 e. The van der Waals surface area contributed by atoms with Gasteiger partial charge in [0.1, 0.15) is 5.69 Å². The number of carbonyl (C=O) groups excluding carboxylic acids is 1. The van der Waals surface area contributed by atoms with Crippen molar-refractivity contribution < 1.29 is 14.7 Å². The molecule has 0 spiro atoms. The number of hydrogen-bond acceptors (Lipinski definition) is 4. The van der Waals surface area contributed by atoms with Crippen molar-refractivity contribution in [3.63, 3.8) is 0 Å². The van der Waals surface area contributed by atoms with Gasteiger partial charge in [0.15, 0.2) is 6.10 Å². The van der Waals surface area contributed by atoms with Crippen LogP contribution in [-0.4, -0.2) is 11.1 Å². The first-order chi connectivity index (χ1) is 9.59. The Bertz CT molecular complexity index is 584. The smallest absolute Gasteiger partial charge is 0.364 e. The Hall–Kier alpha value is -1.75. The fourth-order valence-corrected chi connectivity index (χ4v) is 2.00. The number of carbonyl (C=O) groups is 1. The van der Waals surface area contributed by atoms with E-state index in [9.17, 15) is 9.90 Å². The van der Waals surface area contributed by atoms with Crippen molar-refractivity contribution in [2.24, 2.45) is 0 Å². The second kappa shape index (κ2) is 6.61. The standard InChI is InChI=1S/C14H11Cl2NO3/c15-10-7-4-8-11(16)12(10)17-20-14(19)13(18)9-5-2-1-3-6-9/h1-8,13,17-18H. The van der Waals surface area contributed by atoms with E-state index >= 15 is 0 Å². The summed E-state index contributed by atoms with van der Waals surface area (Å²) in [6.07, 6.45) is -1.38. The molecule has 6 heteroatoms. The summed E-state index contributed by atoms with van der Waals surface area (Å²) in [6, 6.07) is 13.3. The molecule has 2 aromatic rings. The summed E-state index contributed by atoms with van der Waals surface area (Å²) in [7, 11) is 0. The molecule has 0 radical (unpaired) electrons. The number of benzene rings is 2. The molecule has 4 nitrogen and oxygen atoms in total. The lowest BCUT2D eigenvalue weighted by Crippen LogP contribution is -2.19. The summed E-state index contributed by atoms with van der Waals surface area (Å²) < 4.78 is 0. The van der Waals surface area contributed by atoms with E-state index in [1.54, 1.807) is 48.5 Å². The lowest BCUT2D eigenvalue weighted by atomic mass is 10.1. The van der Waals surface area contributed by atoms with Crippen LogP contribution in [0.4, 0.5) is 5.69 Å². The Kier molecular flexibility index (Phi) is 4.84. The van der Waals surface area contributed by atoms with Gasteiger partial charge in [-0.15, -0.1) is 0 Å². The van der Waals surface area contributed by atoms with E-state index in [-0.39, 0.29) is 5.69 Å². The van der Waals surface area contributed by atoms with Crippen molar-refractivity contribution in [1.82, 2.24) is 0 Å². The first-order valence-electron chi connectivity index (χ1n) is 5.73. The van der Waals surface area contributed by atoms with E-state index in [0.717, 1.165) is 0 Å². The molecule has 0 saturated heterocycles. The molecule has 0 saturated carbocycles. The molecule has 0 bridgehead atoms. The predicted molar refractivity (Wildman–Crippen MR) is 77.6 cm³/mol. The summed E-state index contributed by atoms with van der Waals surface area (Å²) in [5.74, 6) is -0.854. The van der Waals surface area contributed by atoms with E-state index in [0.29, 0.717) is 15.6 Å². The van der Waals surface area contributed by atoms with Crippen LogP contribution in [0.1, 0.15) is 11.7 Å². The molecule has 2 aromatic carbocycles. The van der Waals surface area contributed by atoms with E-state index in [1.165, 1.54) is 0 Å². The molecule has 0 aromatic heterocycles. The molecule has 104 valence electrons. The second-order valence-electron chi connectivity index (χ2n) is 3.93. The number of anilines is 1. The molecule has 0 heterocycles. The summed E-state index contributed by atoms with van der Waals surface area (Å²) in [5, 5.41) is 10.4. The Labute approximate surface area is 125 Å². The van der Waals surface area contributed by atoms with Gasteiger partial charge in [0.25, 0.3) is 0 Å². The molecule has 0 fully saturated rings. The van der Waals surface area contributed by atoms with Gasteiger partial charge in [0.05, 0.1) is 10.0 Å². The zero-order chi connectivity index (χ0) is 14.5. The number of aliphatic hydroxyl groups excluding tert-OH is 1. The van der Waals surface area contributed by atoms with Gasteiger partial charge in [0, 0.05) is 0 Å². The largest absolute Gasteiger partial charge is 0.377 e. The molecular weight excluding hydrogens is 301 g/mol. The van der Waals surface area contributed by atoms with Gasteiger partial charge >= 0.3 is 5.97 Å². The van der Waals surface area contributed by atoms with Gasteiger partial charge in [-0.05, 0) is 17.7 Å². The van der Waals surface area contributed by atoms with Gasteiger partial charge in [-0.2, -0.15) is 0 Å². The molecule has 0 amide bonds. The van der Waals surface area contributed by atoms with Crippen molar-refractivity contribution in [3.05, 3.63) is 64.1 Å². The van der Waals surface area contributed by atoms with Crippen molar-refractivity contribution in [1.29, 1.82) is 0 Å². The molecule has 1 unspecified atom stereocenters. The molecule has 2 rings (SSSR count). The number of nitrogens with one attached hydrogen (secondary N) is 1. The molecule has 0 aliphatic carbocycles. The van der Waals surface area contributed by atoms with Crippen LogP contribution in [0.5, 0.6) is 0 Å². The minimum atomic E-state index is -1.38. The third kappa shape index (κ3) is 3.42. The maximum absolute atomic E-state index is 11.7. The molecule has 1 atom stereocenters. The lowest BCUT2D eigenvalue weighted by Gasteiger charge is -2.13. The van der Waals surface area contributed by atoms with Crippen LogP contribution < -0.4 is 5.48 Å². The summed E-state index contributed by atoms with van der Waals surface area (Å²) in [5.41, 5.74) is 3.06. The number of halogens is 2. The minimum absolute atomic E-state index is 0.268. The van der Waals surface area contributed by atoms with Gasteiger partial charge in [-0.25, -0.2) is 10.3 Å². The van der Waals surface area contributed by atoms with Crippen LogP contribution in [-0.2, 0) is 9.63 Å². The molecule has 0 aliphatic heterocycles. The first kappa shape index (κ1) is 14.7. The maximum atomic E-state index is 11.7. The topological polar surface area (TPSA) is 58.6 Å². The summed E-state index contributed by atoms with van der Waals surface area (Å²) in [4.78, 5) is 16.5. The van der Waals surface area contributed by atoms with E-state index < -0.39 is 12.1 Å². The second-order valence-corrected chi connectivity index (χ2v) is 4.75. The number of rotatable bonds is 4. The van der Waals surface area contributed by atoms with Crippen LogP contribution in [0.2, 0.25) is 10.0 Å². The maximum Gasteiger partial charge on any atom is 0.364 e. The van der Waals surface area contributed by atoms with Gasteiger partial charge in [-0.1, -0.05) is 59.6 Å². The first-order valence-corrected chi connectivity index (χ1v) is 6.49. The molecule has 0 aliphatic rings. The zero-order valence-corrected chi connectivity index (χ0v) is 11.7. The number of aliphatic hydroxyl groups is 1. The average molecular weight is 312 g/mol. The van der Waals surface area contributed by atoms with Gasteiger partial charge < -0.3 is 9.94 Å². The van der Waals surface area contributed by atoms with E-state index in [4.69, 9.17) is 28.0 Å². The highest BCUT2D eigenvalue weighted by Crippen LogP contribution is 2.30. The van der Waals surface area contributed by atoms with Crippen LogP contribution in [0.15, 0.2) is 48.5 Å². The van der Waals surface area contributed by atoms with Gasteiger partial charge in [0.2, 0.25) is 0 Å². The lowest BCUT2D eigenvalue weighted by molar-refractivity contribution is -0.150. The SMILES string of the molecule is O=C(ONc1c(Cl)cccc1Cl)C(O)c1ccccc1. The fourth-order valence-electron chi connectivity index (χ4n) is 1.52. The number of hydrogen-bond donors (Lipinski definition) is 2. The van der Waals surface area contributed by atoms with Gasteiger partial charge in [-0.3, -0.25) is 0 Å². The van der Waals surface area contributed by atoms with Crippen LogP contribution in [0.25, 0.3) is 0 Å². The highest BCUT2D eigenvalue weighted by Gasteiger charge is 2.19. The third-order valence-electron chi connectivity index (χ3n) is 2.56. The Morgan fingerprint density at radius 1 is 1.05 bits per heavy atom. The quantitative estimate of drug-likeness (QED) is 0.847. The zero-order valence-electron chi connectivity index (χ0n) is 10.2. The predicted octanol–water partition coefficient (Wildman–Crippen LogP) is 3.60. The van der Waals surface area contributed by atoms with Crippen LogP contribution >= 0.6 is 23.2 Å². The summed E-state index contributed by atoms with van der Waals surface area (Å²) in [6.45, 7) is 0. The summed E-state index contributed by atoms with van der Waals surface area (Å²) >= 11 is 11.8.